The Kier molecular flexibility index (Phi) is 11.0. The lowest BCUT2D eigenvalue weighted by molar-refractivity contribution is -0.140. The van der Waals surface area contributed by atoms with Gasteiger partial charge in [0.05, 0.1) is 11.5 Å². The Balaban J connectivity index is 0.00000462. The van der Waals surface area contributed by atoms with Crippen LogP contribution in [0.4, 0.5) is 0 Å². The average Bonchev–Trinajstić information content (AvgIpc) is 2.95. The summed E-state index contributed by atoms with van der Waals surface area (Å²) >= 11 is 0. The van der Waals surface area contributed by atoms with Gasteiger partial charge in [0.2, 0.25) is 0 Å². The highest BCUT2D eigenvalue weighted by molar-refractivity contribution is 5.90. The van der Waals surface area contributed by atoms with E-state index in [1.165, 1.54) is 5.56 Å². The van der Waals surface area contributed by atoms with Gasteiger partial charge in [-0.3, -0.25) is 10.2 Å². The number of esters is 2. The highest BCUT2D eigenvalue weighted by atomic mass is 35.5. The molecule has 218 valence electrons. The molecule has 4 N–H and O–H groups in total. The normalized spacial score (nSPS) is 16.7. The lowest BCUT2D eigenvalue weighted by Crippen LogP contribution is -2.36. The SMILES string of the molecule is CC(C)(C)c1ccc(COC(=O)c2ccc(-c3ccc(OC(=O)[C@H]4CC[C@H](CNC(=N)N)CC4)cc3)cc2)cc1.Cl. The predicted octanol–water partition coefficient (Wildman–Crippen LogP) is 6.62. The van der Waals surface area contributed by atoms with Crippen molar-refractivity contribution in [3.63, 3.8) is 0 Å². The molecule has 7 nitrogen and oxygen atoms in total. The summed E-state index contributed by atoms with van der Waals surface area (Å²) in [7, 11) is 0. The van der Waals surface area contributed by atoms with E-state index in [0.29, 0.717) is 23.8 Å². The first-order valence-corrected chi connectivity index (χ1v) is 13.8. The van der Waals surface area contributed by atoms with Gasteiger partial charge < -0.3 is 20.5 Å². The van der Waals surface area contributed by atoms with E-state index in [1.54, 1.807) is 24.3 Å². The largest absolute Gasteiger partial charge is 0.457 e. The summed E-state index contributed by atoms with van der Waals surface area (Å²) in [6, 6.07) is 22.8. The molecular weight excluding hydrogens is 538 g/mol. The second-order valence-corrected chi connectivity index (χ2v) is 11.6. The zero-order valence-corrected chi connectivity index (χ0v) is 24.8. The van der Waals surface area contributed by atoms with Gasteiger partial charge in [-0.05, 0) is 83.5 Å². The Bertz CT molecular complexity index is 1310. The smallest absolute Gasteiger partial charge is 0.338 e. The monoisotopic (exact) mass is 577 g/mol. The topological polar surface area (TPSA) is 114 Å². The number of hydrogen-bond donors (Lipinski definition) is 3. The van der Waals surface area contributed by atoms with Gasteiger partial charge in [-0.1, -0.05) is 69.3 Å². The van der Waals surface area contributed by atoms with Crippen LogP contribution in [0.5, 0.6) is 5.75 Å². The molecule has 8 heteroatoms. The zero-order chi connectivity index (χ0) is 28.7. The summed E-state index contributed by atoms with van der Waals surface area (Å²) < 4.78 is 11.2. The van der Waals surface area contributed by atoms with E-state index in [-0.39, 0.29) is 48.2 Å². The van der Waals surface area contributed by atoms with Crippen LogP contribution in [0.1, 0.15) is 67.9 Å². The van der Waals surface area contributed by atoms with Crippen molar-refractivity contribution >= 4 is 30.3 Å². The molecule has 0 aliphatic heterocycles. The molecule has 0 spiro atoms. The molecule has 0 radical (unpaired) electrons. The van der Waals surface area contributed by atoms with Crippen LogP contribution in [0.2, 0.25) is 0 Å². The first-order chi connectivity index (χ1) is 19.1. The summed E-state index contributed by atoms with van der Waals surface area (Å²) in [5.41, 5.74) is 10.0. The highest BCUT2D eigenvalue weighted by Crippen LogP contribution is 2.30. The van der Waals surface area contributed by atoms with Crippen LogP contribution in [-0.4, -0.2) is 24.4 Å². The lowest BCUT2D eigenvalue weighted by Gasteiger charge is -2.27. The van der Waals surface area contributed by atoms with Crippen molar-refractivity contribution in [1.29, 1.82) is 5.41 Å². The first-order valence-electron chi connectivity index (χ1n) is 13.8. The molecule has 1 aliphatic rings. The molecule has 1 saturated carbocycles. The van der Waals surface area contributed by atoms with Crippen molar-refractivity contribution in [2.45, 2.75) is 58.5 Å². The average molecular weight is 578 g/mol. The Hall–Kier alpha value is -3.84. The van der Waals surface area contributed by atoms with Crippen LogP contribution in [0, 0.1) is 17.2 Å². The fourth-order valence-electron chi connectivity index (χ4n) is 4.90. The molecule has 1 aliphatic carbocycles. The molecule has 0 unspecified atom stereocenters. The maximum absolute atomic E-state index is 12.7. The number of halogens is 1. The molecule has 0 bridgehead atoms. The number of nitrogens with one attached hydrogen (secondary N) is 2. The molecule has 41 heavy (non-hydrogen) atoms. The molecule has 0 heterocycles. The Morgan fingerprint density at radius 3 is 1.98 bits per heavy atom. The van der Waals surface area contributed by atoms with E-state index < -0.39 is 0 Å². The molecule has 3 aromatic carbocycles. The van der Waals surface area contributed by atoms with Gasteiger partial charge in [0, 0.05) is 6.54 Å². The minimum absolute atomic E-state index is 0. The number of carbonyl (C=O) groups is 2. The molecular formula is C33H40ClN3O4. The second kappa shape index (κ2) is 14.2. The zero-order valence-electron chi connectivity index (χ0n) is 23.9. The minimum Gasteiger partial charge on any atom is -0.457 e. The van der Waals surface area contributed by atoms with E-state index in [2.05, 4.69) is 38.2 Å². The van der Waals surface area contributed by atoms with Gasteiger partial charge in [0.1, 0.15) is 12.4 Å². The molecule has 1 fully saturated rings. The molecule has 0 saturated heterocycles. The minimum atomic E-state index is -0.363. The van der Waals surface area contributed by atoms with Crippen LogP contribution < -0.4 is 15.8 Å². The van der Waals surface area contributed by atoms with Crippen molar-refractivity contribution in [2.24, 2.45) is 17.6 Å². The van der Waals surface area contributed by atoms with Gasteiger partial charge >= 0.3 is 11.9 Å². The van der Waals surface area contributed by atoms with Crippen LogP contribution >= 0.6 is 12.4 Å². The van der Waals surface area contributed by atoms with Gasteiger partial charge in [-0.2, -0.15) is 0 Å². The number of rotatable bonds is 8. The number of nitrogens with two attached hydrogens (primary N) is 1. The number of guanidine groups is 1. The van der Waals surface area contributed by atoms with Crippen molar-refractivity contribution in [1.82, 2.24) is 5.32 Å². The van der Waals surface area contributed by atoms with Crippen LogP contribution in [0.3, 0.4) is 0 Å². The van der Waals surface area contributed by atoms with Crippen LogP contribution in [-0.2, 0) is 21.6 Å². The third-order valence-electron chi connectivity index (χ3n) is 7.48. The first kappa shape index (κ1) is 31.7. The summed E-state index contributed by atoms with van der Waals surface area (Å²) in [4.78, 5) is 25.2. The number of ether oxygens (including phenoxy) is 2. The third kappa shape index (κ3) is 9.08. The Morgan fingerprint density at radius 2 is 1.44 bits per heavy atom. The molecule has 0 aromatic heterocycles. The van der Waals surface area contributed by atoms with Crippen molar-refractivity contribution < 1.29 is 19.1 Å². The molecule has 0 atom stereocenters. The lowest BCUT2D eigenvalue weighted by atomic mass is 9.82. The van der Waals surface area contributed by atoms with E-state index in [0.717, 1.165) is 42.4 Å². The van der Waals surface area contributed by atoms with E-state index in [1.807, 2.05) is 36.4 Å². The Morgan fingerprint density at radius 1 is 0.878 bits per heavy atom. The van der Waals surface area contributed by atoms with Gasteiger partial charge in [0.15, 0.2) is 5.96 Å². The fourth-order valence-corrected chi connectivity index (χ4v) is 4.90. The van der Waals surface area contributed by atoms with E-state index >= 15 is 0 Å². The van der Waals surface area contributed by atoms with Gasteiger partial charge in [0.25, 0.3) is 0 Å². The van der Waals surface area contributed by atoms with Crippen molar-refractivity contribution in [3.8, 4) is 16.9 Å². The standard InChI is InChI=1S/C33H39N3O4.ClH/c1-33(2,3)28-16-6-23(7-17-28)21-39-30(37)26-12-10-24(11-13-26)25-14-18-29(19-15-25)40-31(38)27-8-4-22(5-9-27)20-36-32(34)35;/h6-7,10-19,22,27H,4-5,8-9,20-21H2,1-3H3,(H4,34,35,36);1H/t22-,27-;. The fraction of sp³-hybridized carbons (Fsp3) is 0.364. The van der Waals surface area contributed by atoms with Crippen LogP contribution in [0.15, 0.2) is 72.8 Å². The summed E-state index contributed by atoms with van der Waals surface area (Å²) in [5, 5.41) is 10.1. The summed E-state index contributed by atoms with van der Waals surface area (Å²) in [6.45, 7) is 7.40. The summed E-state index contributed by atoms with van der Waals surface area (Å²) in [5.74, 6) is 0.258. The van der Waals surface area contributed by atoms with Gasteiger partial charge in [-0.15, -0.1) is 12.4 Å². The van der Waals surface area contributed by atoms with Crippen LogP contribution in [0.25, 0.3) is 11.1 Å². The molecule has 4 rings (SSSR count). The summed E-state index contributed by atoms with van der Waals surface area (Å²) in [6.07, 6.45) is 3.37. The number of carbonyl (C=O) groups excluding carboxylic acids is 2. The number of hydrogen-bond acceptors (Lipinski definition) is 5. The quantitative estimate of drug-likeness (QED) is 0.120. The van der Waals surface area contributed by atoms with E-state index in [4.69, 9.17) is 20.6 Å². The second-order valence-electron chi connectivity index (χ2n) is 11.6. The predicted molar refractivity (Wildman–Crippen MR) is 164 cm³/mol. The Labute approximate surface area is 248 Å². The molecule has 3 aromatic rings. The van der Waals surface area contributed by atoms with Crippen molar-refractivity contribution in [3.05, 3.63) is 89.5 Å². The molecule has 0 amide bonds. The van der Waals surface area contributed by atoms with E-state index in [9.17, 15) is 9.59 Å². The number of benzene rings is 3. The highest BCUT2D eigenvalue weighted by Gasteiger charge is 2.27. The van der Waals surface area contributed by atoms with Crippen molar-refractivity contribution in [2.75, 3.05) is 6.54 Å². The maximum atomic E-state index is 12.7. The third-order valence-corrected chi connectivity index (χ3v) is 7.48. The van der Waals surface area contributed by atoms with Gasteiger partial charge in [-0.25, -0.2) is 4.79 Å². The maximum Gasteiger partial charge on any atom is 0.338 e.